The van der Waals surface area contributed by atoms with Crippen LogP contribution in [0.4, 0.5) is 22.0 Å². The molecule has 0 nitrogen and oxygen atoms in total. The van der Waals surface area contributed by atoms with E-state index in [0.29, 0.717) is 24.3 Å². The number of aryl methyl sites for hydroxylation is 1. The Kier molecular flexibility index (Phi) is 9.41. The molecule has 1 aromatic rings. The molecule has 1 aromatic carbocycles. The lowest BCUT2D eigenvalue weighted by molar-refractivity contribution is -0.0696. The summed E-state index contributed by atoms with van der Waals surface area (Å²) < 4.78 is 64.5. The Labute approximate surface area is 195 Å². The highest BCUT2D eigenvalue weighted by atomic mass is 19.4. The Hall–Kier alpha value is -1.83. The van der Waals surface area contributed by atoms with Crippen LogP contribution >= 0.6 is 0 Å². The molecule has 0 saturated heterocycles. The molecule has 182 valence electrons. The lowest BCUT2D eigenvalue weighted by Gasteiger charge is -2.37. The summed E-state index contributed by atoms with van der Waals surface area (Å²) in [6, 6.07) is 2.16. The number of allylic oxidation sites excluding steroid dienone is 2. The van der Waals surface area contributed by atoms with Gasteiger partial charge in [0.05, 0.1) is 5.56 Å². The van der Waals surface area contributed by atoms with Crippen LogP contribution in [0, 0.1) is 47.1 Å². The third-order valence-electron chi connectivity index (χ3n) is 7.51. The van der Waals surface area contributed by atoms with Gasteiger partial charge in [-0.3, -0.25) is 0 Å². The monoisotopic (exact) mass is 466 g/mol. The van der Waals surface area contributed by atoms with Gasteiger partial charge in [-0.15, -0.1) is 0 Å². The van der Waals surface area contributed by atoms with Gasteiger partial charge in [0, 0.05) is 5.92 Å². The molecule has 3 rings (SSSR count). The number of rotatable bonds is 7. The first kappa shape index (κ1) is 25.8. The number of hydrogen-bond acceptors (Lipinski definition) is 0. The summed E-state index contributed by atoms with van der Waals surface area (Å²) in [4.78, 5) is 0. The van der Waals surface area contributed by atoms with Gasteiger partial charge in [-0.1, -0.05) is 50.7 Å². The Morgan fingerprint density at radius 1 is 0.909 bits per heavy atom. The van der Waals surface area contributed by atoms with E-state index >= 15 is 0 Å². The minimum absolute atomic E-state index is 0.426. The lowest BCUT2D eigenvalue weighted by Crippen LogP contribution is -2.25. The number of halogens is 5. The molecule has 2 aliphatic rings. The first-order valence-corrected chi connectivity index (χ1v) is 12.5. The average molecular weight is 467 g/mol. The first-order chi connectivity index (χ1) is 15.7. The van der Waals surface area contributed by atoms with Crippen molar-refractivity contribution in [1.29, 1.82) is 0 Å². The first-order valence-electron chi connectivity index (χ1n) is 12.5. The zero-order valence-corrected chi connectivity index (χ0v) is 19.5. The second-order valence-electron chi connectivity index (χ2n) is 9.89. The summed E-state index contributed by atoms with van der Waals surface area (Å²) in [6.07, 6.45) is 14.0. The topological polar surface area (TPSA) is 0 Å². The highest BCUT2D eigenvalue weighted by Gasteiger charge is 2.30. The second-order valence-corrected chi connectivity index (χ2v) is 9.89. The minimum Gasteiger partial charge on any atom is -0.206 e. The molecule has 2 aliphatic carbocycles. The van der Waals surface area contributed by atoms with Crippen LogP contribution in [0.25, 0.3) is 0 Å². The van der Waals surface area contributed by atoms with Crippen LogP contribution < -0.4 is 0 Å². The molecule has 2 fully saturated rings. The fourth-order valence-electron chi connectivity index (χ4n) is 5.73. The maximum Gasteiger partial charge on any atom is 0.458 e. The number of benzene rings is 1. The average Bonchev–Trinajstić information content (AvgIpc) is 2.77. The van der Waals surface area contributed by atoms with Crippen molar-refractivity contribution in [3.63, 3.8) is 0 Å². The van der Waals surface area contributed by atoms with Crippen LogP contribution in [0.2, 0.25) is 0 Å². The van der Waals surface area contributed by atoms with E-state index in [-0.39, 0.29) is 0 Å². The Morgan fingerprint density at radius 2 is 1.48 bits per heavy atom. The summed E-state index contributed by atoms with van der Waals surface area (Å²) in [6.45, 7) is 2.28. The third kappa shape index (κ3) is 8.16. The largest absolute Gasteiger partial charge is 0.458 e. The molecule has 0 atom stereocenters. The van der Waals surface area contributed by atoms with Gasteiger partial charge in [-0.25, -0.2) is 8.78 Å². The predicted molar refractivity (Wildman–Crippen MR) is 123 cm³/mol. The smallest absolute Gasteiger partial charge is 0.206 e. The van der Waals surface area contributed by atoms with E-state index in [0.717, 1.165) is 35.8 Å². The molecule has 2 saturated carbocycles. The van der Waals surface area contributed by atoms with Crippen LogP contribution in [-0.2, 0) is 6.42 Å². The molecule has 0 bridgehead atoms. The Morgan fingerprint density at radius 3 is 2.03 bits per heavy atom. The second kappa shape index (κ2) is 12.0. The maximum absolute atomic E-state index is 14.0. The van der Waals surface area contributed by atoms with E-state index in [1.54, 1.807) is 5.92 Å². The van der Waals surface area contributed by atoms with Gasteiger partial charge in [0.2, 0.25) is 0 Å². The summed E-state index contributed by atoms with van der Waals surface area (Å²) in [5.41, 5.74) is -0.406. The highest BCUT2D eigenvalue weighted by Crippen LogP contribution is 2.42. The fraction of sp³-hybridized carbons (Fsp3) is 0.643. The van der Waals surface area contributed by atoms with E-state index in [2.05, 4.69) is 19.1 Å². The van der Waals surface area contributed by atoms with Crippen LogP contribution in [0.15, 0.2) is 24.3 Å². The van der Waals surface area contributed by atoms with Gasteiger partial charge in [0.1, 0.15) is 11.6 Å². The molecule has 5 heteroatoms. The molecule has 33 heavy (non-hydrogen) atoms. The summed E-state index contributed by atoms with van der Waals surface area (Å²) >= 11 is 0. The number of alkyl halides is 3. The van der Waals surface area contributed by atoms with Crippen LogP contribution in [0.3, 0.4) is 0 Å². The lowest BCUT2D eigenvalue weighted by atomic mass is 9.68. The maximum atomic E-state index is 14.0. The van der Waals surface area contributed by atoms with Crippen LogP contribution in [0.1, 0.15) is 88.7 Å². The SMILES string of the molecule is CCCC1CCC(C2CCC(/C=C/CCc3cc(F)c(C#CC(F)(F)F)c(F)c3)CC2)CC1. The molecule has 0 unspecified atom stereocenters. The molecule has 0 aliphatic heterocycles. The Bertz CT molecular complexity index is 818. The van der Waals surface area contributed by atoms with Gasteiger partial charge >= 0.3 is 6.18 Å². The highest BCUT2D eigenvalue weighted by molar-refractivity contribution is 5.40. The van der Waals surface area contributed by atoms with Gasteiger partial charge in [0.25, 0.3) is 0 Å². The molecule has 0 radical (unpaired) electrons. The molecule has 0 heterocycles. The molecule has 0 N–H and O–H groups in total. The van der Waals surface area contributed by atoms with Crippen LogP contribution in [0.5, 0.6) is 0 Å². The summed E-state index contributed by atoms with van der Waals surface area (Å²) in [5.74, 6) is 3.70. The standard InChI is InChI=1S/C28H35F5/c1-2-5-20-8-12-23(13-9-20)24-14-10-21(11-15-24)6-3-4-7-22-18-26(29)25(27(30)19-22)16-17-28(31,32)33/h3,6,18-21,23-24H,2,4-5,7-15H2,1H3/b6-3+. The summed E-state index contributed by atoms with van der Waals surface area (Å²) in [5, 5.41) is 0. The third-order valence-corrected chi connectivity index (χ3v) is 7.51. The molecule has 0 spiro atoms. The van der Waals surface area contributed by atoms with Crippen molar-refractivity contribution in [2.75, 3.05) is 0 Å². The summed E-state index contributed by atoms with van der Waals surface area (Å²) in [7, 11) is 0. The van der Waals surface area contributed by atoms with Gasteiger partial charge < -0.3 is 0 Å². The molecule has 0 aromatic heterocycles. The van der Waals surface area contributed by atoms with Crippen molar-refractivity contribution in [2.24, 2.45) is 23.7 Å². The zero-order valence-electron chi connectivity index (χ0n) is 19.5. The van der Waals surface area contributed by atoms with E-state index in [1.165, 1.54) is 64.2 Å². The number of hydrogen-bond donors (Lipinski definition) is 0. The van der Waals surface area contributed by atoms with E-state index < -0.39 is 23.4 Å². The molecular formula is C28H35F5. The van der Waals surface area contributed by atoms with E-state index in [1.807, 2.05) is 0 Å². The molecule has 0 amide bonds. The van der Waals surface area contributed by atoms with Crippen molar-refractivity contribution >= 4 is 0 Å². The Balaban J connectivity index is 1.41. The normalized spacial score (nSPS) is 26.2. The quantitative estimate of drug-likeness (QED) is 0.214. The van der Waals surface area contributed by atoms with Crippen molar-refractivity contribution < 1.29 is 22.0 Å². The minimum atomic E-state index is -4.78. The van der Waals surface area contributed by atoms with Crippen LogP contribution in [-0.4, -0.2) is 6.18 Å². The van der Waals surface area contributed by atoms with Gasteiger partial charge in [-0.05, 0) is 92.7 Å². The molecular weight excluding hydrogens is 431 g/mol. The fourth-order valence-corrected chi connectivity index (χ4v) is 5.73. The van der Waals surface area contributed by atoms with E-state index in [9.17, 15) is 22.0 Å². The van der Waals surface area contributed by atoms with Crippen molar-refractivity contribution in [1.82, 2.24) is 0 Å². The van der Waals surface area contributed by atoms with Gasteiger partial charge in [-0.2, -0.15) is 13.2 Å². The van der Waals surface area contributed by atoms with Crippen molar-refractivity contribution in [2.45, 2.75) is 90.1 Å². The van der Waals surface area contributed by atoms with E-state index in [4.69, 9.17) is 0 Å². The van der Waals surface area contributed by atoms with Crippen molar-refractivity contribution in [3.05, 3.63) is 47.0 Å². The zero-order chi connectivity index (χ0) is 23.8. The van der Waals surface area contributed by atoms with Gasteiger partial charge in [0.15, 0.2) is 0 Å². The predicted octanol–water partition coefficient (Wildman–Crippen LogP) is 8.78. The van der Waals surface area contributed by atoms with Crippen molar-refractivity contribution in [3.8, 4) is 11.8 Å².